The van der Waals surface area contributed by atoms with Crippen molar-refractivity contribution in [2.75, 3.05) is 0 Å². The van der Waals surface area contributed by atoms with Crippen molar-refractivity contribution >= 4 is 0 Å². The van der Waals surface area contributed by atoms with E-state index in [1.165, 1.54) is 0 Å². The van der Waals surface area contributed by atoms with Crippen molar-refractivity contribution in [3.8, 4) is 0 Å². The van der Waals surface area contributed by atoms with Gasteiger partial charge < -0.3 is 0 Å². The number of benzene rings is 1. The summed E-state index contributed by atoms with van der Waals surface area (Å²) in [5, 5.41) is 20.5. The molecule has 0 spiro atoms. The van der Waals surface area contributed by atoms with Gasteiger partial charge in [-0.1, -0.05) is 0 Å². The topological polar surface area (TPSA) is 86.3 Å². The van der Waals surface area contributed by atoms with E-state index in [0.717, 1.165) is 0 Å². The first-order valence-electron chi connectivity index (χ1n) is 3.27. The third-order valence-electron chi connectivity index (χ3n) is 1.12. The molecule has 78 valence electrons. The number of nitrogens with zero attached hydrogens (tertiary/aromatic N) is 2. The van der Waals surface area contributed by atoms with Crippen molar-refractivity contribution in [1.29, 1.82) is 0 Å². The minimum absolute atomic E-state index is 0.345. The number of nitro groups is 2. The van der Waals surface area contributed by atoms with E-state index in [0.29, 0.717) is 7.14 Å². The molecule has 0 fully saturated rings. The molecule has 0 atom stereocenters. The molecule has 0 aliphatic carbocycles. The van der Waals surface area contributed by atoms with E-state index < -0.39 is 43.0 Å². The summed E-state index contributed by atoms with van der Waals surface area (Å²) in [6.45, 7) is 0. The molecule has 6 nitrogen and oxygen atoms in total. The van der Waals surface area contributed by atoms with Crippen LogP contribution in [0.5, 0.6) is 0 Å². The van der Waals surface area contributed by atoms with Crippen LogP contribution in [0.2, 0.25) is 0 Å². The molecule has 0 radical (unpaired) electrons. The molecule has 1 rings (SSSR count). The third kappa shape index (κ3) is 4.13. The van der Waals surface area contributed by atoms with Crippen LogP contribution >= 0.6 is 0 Å². The molecule has 0 aliphatic rings. The standard InChI is InChI=1S/C6H4I2N2O4/c11-9(12)7-5-2-1-3-6(4-5)8-10(13)14/h1-4H/q-2. The van der Waals surface area contributed by atoms with Crippen LogP contribution in [0.15, 0.2) is 24.3 Å². The Morgan fingerprint density at radius 3 is 1.79 bits per heavy atom. The Labute approximate surface area is 100 Å². The molecule has 0 aliphatic heterocycles. The van der Waals surface area contributed by atoms with E-state index >= 15 is 0 Å². The first-order chi connectivity index (χ1) is 6.58. The van der Waals surface area contributed by atoms with Gasteiger partial charge in [-0.25, -0.2) is 0 Å². The molecule has 1 aromatic carbocycles. The third-order valence-corrected chi connectivity index (χ3v) is 4.36. The number of hydrogen-bond acceptors (Lipinski definition) is 4. The molecule has 0 heterocycles. The van der Waals surface area contributed by atoms with Crippen molar-refractivity contribution in [2.45, 2.75) is 0 Å². The van der Waals surface area contributed by atoms with Crippen LogP contribution in [-0.2, 0) is 0 Å². The summed E-state index contributed by atoms with van der Waals surface area (Å²) in [6, 6.07) is 6.50. The maximum atomic E-state index is 10.2. The van der Waals surface area contributed by atoms with E-state index in [1.807, 2.05) is 0 Å². The molecule has 0 bridgehead atoms. The van der Waals surface area contributed by atoms with Gasteiger partial charge in [-0.05, 0) is 0 Å². The summed E-state index contributed by atoms with van der Waals surface area (Å²) in [6.07, 6.45) is 0. The number of rotatable bonds is 4. The molecule has 0 unspecified atom stereocenters. The predicted molar refractivity (Wildman–Crippen MR) is 37.8 cm³/mol. The van der Waals surface area contributed by atoms with Gasteiger partial charge in [0.25, 0.3) is 0 Å². The van der Waals surface area contributed by atoms with Crippen LogP contribution in [0.25, 0.3) is 0 Å². The fourth-order valence-electron chi connectivity index (χ4n) is 0.724. The normalized spacial score (nSPS) is 10.3. The molecule has 14 heavy (non-hydrogen) atoms. The van der Waals surface area contributed by atoms with E-state index in [9.17, 15) is 20.2 Å². The monoisotopic (exact) mass is 422 g/mol. The molecule has 0 aromatic heterocycles. The molecule has 1 aromatic rings. The van der Waals surface area contributed by atoms with Crippen molar-refractivity contribution in [3.63, 3.8) is 0 Å². The second-order valence-electron chi connectivity index (χ2n) is 2.03. The van der Waals surface area contributed by atoms with Crippen LogP contribution < -0.4 is 43.0 Å². The van der Waals surface area contributed by atoms with Gasteiger partial charge in [0.05, 0.1) is 0 Å². The van der Waals surface area contributed by atoms with Crippen LogP contribution in [0.4, 0.5) is 0 Å². The molecule has 0 saturated heterocycles. The van der Waals surface area contributed by atoms with Crippen LogP contribution in [-0.4, -0.2) is 6.27 Å². The molecule has 0 saturated carbocycles. The summed E-state index contributed by atoms with van der Waals surface area (Å²) in [7, 11) is 0. The Hall–Kier alpha value is -0.520. The van der Waals surface area contributed by atoms with Crippen LogP contribution in [0.3, 0.4) is 0 Å². The second kappa shape index (κ2) is 5.38. The minimum atomic E-state index is -1.26. The Morgan fingerprint density at radius 1 is 1.00 bits per heavy atom. The first-order valence-corrected chi connectivity index (χ1v) is 7.35. The molecular formula is C6H4I2N2O4-2. The quantitative estimate of drug-likeness (QED) is 0.210. The number of hydrogen-bond donors (Lipinski definition) is 0. The Balaban J connectivity index is 2.78. The van der Waals surface area contributed by atoms with Gasteiger partial charge in [0.2, 0.25) is 0 Å². The average Bonchev–Trinajstić information content (AvgIpc) is 2.01. The second-order valence-corrected chi connectivity index (χ2v) is 7.07. The van der Waals surface area contributed by atoms with Gasteiger partial charge in [0.15, 0.2) is 0 Å². The SMILES string of the molecule is O=[N+]([O-])[I-]c1cccc([I-][N+](=O)[O-])c1. The summed E-state index contributed by atoms with van der Waals surface area (Å²) in [5.41, 5.74) is 0. The fraction of sp³-hybridized carbons (Fsp3) is 0. The zero-order chi connectivity index (χ0) is 10.6. The Kier molecular flexibility index (Phi) is 4.44. The van der Waals surface area contributed by atoms with Gasteiger partial charge in [-0.3, -0.25) is 0 Å². The Bertz CT molecular complexity index is 339. The van der Waals surface area contributed by atoms with Gasteiger partial charge in [0.1, 0.15) is 0 Å². The molecule has 0 amide bonds. The Morgan fingerprint density at radius 2 is 1.43 bits per heavy atom. The molecular weight excluding hydrogens is 418 g/mol. The summed E-state index contributed by atoms with van der Waals surface area (Å²) in [5.74, 6) is 0. The van der Waals surface area contributed by atoms with Gasteiger partial charge in [-0.15, -0.1) is 0 Å². The van der Waals surface area contributed by atoms with Gasteiger partial charge >= 0.3 is 101 Å². The van der Waals surface area contributed by atoms with Crippen LogP contribution in [0.1, 0.15) is 0 Å². The summed E-state index contributed by atoms with van der Waals surface area (Å²) in [4.78, 5) is 20.5. The van der Waals surface area contributed by atoms with E-state index in [1.54, 1.807) is 24.3 Å². The van der Waals surface area contributed by atoms with Crippen LogP contribution in [0, 0.1) is 27.4 Å². The zero-order valence-corrected chi connectivity index (χ0v) is 10.9. The van der Waals surface area contributed by atoms with Crippen molar-refractivity contribution in [1.82, 2.24) is 0 Å². The average molecular weight is 422 g/mol. The van der Waals surface area contributed by atoms with E-state index in [2.05, 4.69) is 0 Å². The van der Waals surface area contributed by atoms with Crippen molar-refractivity contribution in [2.24, 2.45) is 0 Å². The predicted octanol–water partition coefficient (Wildman–Crippen LogP) is -5.41. The summed E-state index contributed by atoms with van der Waals surface area (Å²) >= 11 is -2.52. The fourth-order valence-corrected chi connectivity index (χ4v) is 3.92. The first kappa shape index (κ1) is 11.6. The zero-order valence-electron chi connectivity index (χ0n) is 6.59. The number of halogens is 2. The van der Waals surface area contributed by atoms with Gasteiger partial charge in [0, 0.05) is 0 Å². The molecule has 0 N–H and O–H groups in total. The van der Waals surface area contributed by atoms with Crippen molar-refractivity contribution in [3.05, 3.63) is 51.6 Å². The van der Waals surface area contributed by atoms with E-state index in [4.69, 9.17) is 0 Å². The molecule has 8 heteroatoms. The summed E-state index contributed by atoms with van der Waals surface area (Å²) < 4.78 is 0.547. The van der Waals surface area contributed by atoms with Crippen molar-refractivity contribution < 1.29 is 49.2 Å². The maximum absolute atomic E-state index is 10.2. The van der Waals surface area contributed by atoms with E-state index in [-0.39, 0.29) is 6.27 Å². The van der Waals surface area contributed by atoms with Gasteiger partial charge in [-0.2, -0.15) is 0 Å².